The van der Waals surface area contributed by atoms with Crippen molar-refractivity contribution in [3.63, 3.8) is 0 Å². The predicted octanol–water partition coefficient (Wildman–Crippen LogP) is 2.66. The van der Waals surface area contributed by atoms with Crippen LogP contribution in [0.5, 0.6) is 0 Å². The van der Waals surface area contributed by atoms with E-state index in [1.807, 2.05) is 12.1 Å². The zero-order valence-corrected chi connectivity index (χ0v) is 11.3. The Morgan fingerprint density at radius 2 is 2.41 bits per heavy atom. The molecule has 2 heterocycles. The van der Waals surface area contributed by atoms with E-state index in [1.54, 1.807) is 6.20 Å². The van der Waals surface area contributed by atoms with Crippen LogP contribution in [-0.2, 0) is 0 Å². The van der Waals surface area contributed by atoms with E-state index in [0.29, 0.717) is 11.2 Å². The maximum absolute atomic E-state index is 5.91. The molecule has 17 heavy (non-hydrogen) atoms. The topological polar surface area (TPSA) is 19.4 Å². The first kappa shape index (κ1) is 12.7. The fourth-order valence-electron chi connectivity index (χ4n) is 2.57. The lowest BCUT2D eigenvalue weighted by Gasteiger charge is -2.29. The van der Waals surface area contributed by atoms with Crippen molar-refractivity contribution < 1.29 is 0 Å². The van der Waals surface area contributed by atoms with Gasteiger partial charge in [-0.25, -0.2) is 4.98 Å². The Bertz CT molecular complexity index is 369. The van der Waals surface area contributed by atoms with Gasteiger partial charge < -0.3 is 4.90 Å². The van der Waals surface area contributed by atoms with Gasteiger partial charge >= 0.3 is 0 Å². The molecular weight excluding hydrogens is 234 g/mol. The summed E-state index contributed by atoms with van der Waals surface area (Å²) in [7, 11) is 2.12. The van der Waals surface area contributed by atoms with E-state index < -0.39 is 0 Å². The Morgan fingerprint density at radius 1 is 1.59 bits per heavy atom. The third kappa shape index (κ3) is 3.11. The highest BCUT2D eigenvalue weighted by Gasteiger charge is 2.24. The van der Waals surface area contributed by atoms with E-state index in [0.717, 1.165) is 18.8 Å². The number of anilines is 1. The number of nitrogens with zero attached hydrogens (tertiary/aromatic N) is 3. The van der Waals surface area contributed by atoms with Gasteiger partial charge in [0, 0.05) is 31.5 Å². The number of rotatable bonds is 4. The maximum Gasteiger partial charge on any atom is 0.131 e. The number of hydrogen-bond acceptors (Lipinski definition) is 3. The lowest BCUT2D eigenvalue weighted by atomic mass is 10.2. The number of likely N-dealkylation sites (N-methyl/N-ethyl adjacent to an activating group) is 2. The van der Waals surface area contributed by atoms with Crippen LogP contribution in [0.3, 0.4) is 0 Å². The standard InChI is InChI=1S/C13H20ClN3/c1-3-17-8-4-5-12(17)10-16(2)11-6-7-15-13(14)9-11/h6-7,9,12H,3-5,8,10H2,1-2H3. The number of aromatic nitrogens is 1. The summed E-state index contributed by atoms with van der Waals surface area (Å²) in [4.78, 5) is 8.84. The van der Waals surface area contributed by atoms with Gasteiger partial charge in [-0.3, -0.25) is 4.90 Å². The molecule has 0 amide bonds. The van der Waals surface area contributed by atoms with Crippen LogP contribution < -0.4 is 4.90 Å². The smallest absolute Gasteiger partial charge is 0.131 e. The molecular formula is C13H20ClN3. The molecule has 0 aromatic carbocycles. The maximum atomic E-state index is 5.91. The normalized spacial score (nSPS) is 20.8. The van der Waals surface area contributed by atoms with Gasteiger partial charge in [0.15, 0.2) is 0 Å². The largest absolute Gasteiger partial charge is 0.373 e. The second-order valence-electron chi connectivity index (χ2n) is 4.64. The Hall–Kier alpha value is -0.800. The van der Waals surface area contributed by atoms with Gasteiger partial charge in [0.1, 0.15) is 5.15 Å². The molecule has 0 saturated carbocycles. The lowest BCUT2D eigenvalue weighted by molar-refractivity contribution is 0.270. The summed E-state index contributed by atoms with van der Waals surface area (Å²) in [5, 5.41) is 0.563. The third-order valence-electron chi connectivity index (χ3n) is 3.54. The Labute approximate surface area is 108 Å². The molecule has 94 valence electrons. The second kappa shape index (κ2) is 5.69. The molecule has 0 bridgehead atoms. The van der Waals surface area contributed by atoms with Crippen LogP contribution in [-0.4, -0.2) is 42.6 Å². The van der Waals surface area contributed by atoms with Gasteiger partial charge in [-0.05, 0) is 38.1 Å². The Kier molecular flexibility index (Phi) is 4.24. The molecule has 1 atom stereocenters. The number of likely N-dealkylation sites (tertiary alicyclic amines) is 1. The monoisotopic (exact) mass is 253 g/mol. The van der Waals surface area contributed by atoms with Crippen molar-refractivity contribution in [3.8, 4) is 0 Å². The highest BCUT2D eigenvalue weighted by atomic mass is 35.5. The lowest BCUT2D eigenvalue weighted by Crippen LogP contribution is -2.38. The van der Waals surface area contributed by atoms with Crippen molar-refractivity contribution in [1.82, 2.24) is 9.88 Å². The van der Waals surface area contributed by atoms with Crippen LogP contribution in [0.15, 0.2) is 18.3 Å². The number of halogens is 1. The minimum atomic E-state index is 0.563. The predicted molar refractivity (Wildman–Crippen MR) is 72.8 cm³/mol. The minimum Gasteiger partial charge on any atom is -0.373 e. The highest BCUT2D eigenvalue weighted by molar-refractivity contribution is 6.29. The fourth-order valence-corrected chi connectivity index (χ4v) is 2.74. The molecule has 1 unspecified atom stereocenters. The summed E-state index contributed by atoms with van der Waals surface area (Å²) in [6.07, 6.45) is 4.39. The average molecular weight is 254 g/mol. The van der Waals surface area contributed by atoms with Crippen LogP contribution in [0.4, 0.5) is 5.69 Å². The first-order chi connectivity index (χ1) is 8.20. The molecule has 1 fully saturated rings. The van der Waals surface area contributed by atoms with Crippen molar-refractivity contribution in [2.24, 2.45) is 0 Å². The van der Waals surface area contributed by atoms with E-state index in [4.69, 9.17) is 11.6 Å². The van der Waals surface area contributed by atoms with E-state index in [1.165, 1.54) is 19.4 Å². The summed E-state index contributed by atoms with van der Waals surface area (Å²) in [5.41, 5.74) is 1.15. The minimum absolute atomic E-state index is 0.563. The van der Waals surface area contributed by atoms with Gasteiger partial charge in [-0.1, -0.05) is 18.5 Å². The van der Waals surface area contributed by atoms with Crippen molar-refractivity contribution in [3.05, 3.63) is 23.5 Å². The highest BCUT2D eigenvalue weighted by Crippen LogP contribution is 2.21. The summed E-state index contributed by atoms with van der Waals surface area (Å²) in [6.45, 7) is 5.69. The van der Waals surface area contributed by atoms with E-state index in [2.05, 4.69) is 28.8 Å². The molecule has 1 aliphatic heterocycles. The van der Waals surface area contributed by atoms with Crippen LogP contribution in [0.2, 0.25) is 5.15 Å². The zero-order chi connectivity index (χ0) is 12.3. The van der Waals surface area contributed by atoms with E-state index in [9.17, 15) is 0 Å². The van der Waals surface area contributed by atoms with Crippen LogP contribution in [0, 0.1) is 0 Å². The third-order valence-corrected chi connectivity index (χ3v) is 3.75. The molecule has 4 heteroatoms. The molecule has 1 aromatic rings. The Morgan fingerprint density at radius 3 is 3.12 bits per heavy atom. The van der Waals surface area contributed by atoms with Crippen molar-refractivity contribution in [2.45, 2.75) is 25.8 Å². The molecule has 2 rings (SSSR count). The summed E-state index contributed by atoms with van der Waals surface area (Å²) in [5.74, 6) is 0. The Balaban J connectivity index is 1.99. The van der Waals surface area contributed by atoms with Gasteiger partial charge in [0.05, 0.1) is 0 Å². The van der Waals surface area contributed by atoms with Crippen LogP contribution >= 0.6 is 11.6 Å². The molecule has 1 aliphatic rings. The molecule has 0 aliphatic carbocycles. The second-order valence-corrected chi connectivity index (χ2v) is 5.03. The molecule has 0 radical (unpaired) electrons. The number of hydrogen-bond donors (Lipinski definition) is 0. The van der Waals surface area contributed by atoms with Crippen molar-refractivity contribution in [2.75, 3.05) is 31.6 Å². The van der Waals surface area contributed by atoms with Crippen molar-refractivity contribution >= 4 is 17.3 Å². The van der Waals surface area contributed by atoms with Gasteiger partial charge in [0.2, 0.25) is 0 Å². The van der Waals surface area contributed by atoms with Crippen LogP contribution in [0.25, 0.3) is 0 Å². The van der Waals surface area contributed by atoms with Crippen LogP contribution in [0.1, 0.15) is 19.8 Å². The van der Waals surface area contributed by atoms with Crippen molar-refractivity contribution in [1.29, 1.82) is 0 Å². The summed E-state index contributed by atoms with van der Waals surface area (Å²) in [6, 6.07) is 4.61. The van der Waals surface area contributed by atoms with Gasteiger partial charge in [0.25, 0.3) is 0 Å². The molecule has 1 aromatic heterocycles. The molecule has 0 N–H and O–H groups in total. The average Bonchev–Trinajstić information content (AvgIpc) is 2.76. The number of pyridine rings is 1. The van der Waals surface area contributed by atoms with E-state index in [-0.39, 0.29) is 0 Å². The van der Waals surface area contributed by atoms with Gasteiger partial charge in [-0.15, -0.1) is 0 Å². The zero-order valence-electron chi connectivity index (χ0n) is 10.6. The molecule has 0 spiro atoms. The fraction of sp³-hybridized carbons (Fsp3) is 0.615. The van der Waals surface area contributed by atoms with E-state index >= 15 is 0 Å². The molecule has 1 saturated heterocycles. The first-order valence-electron chi connectivity index (χ1n) is 6.27. The SMILES string of the molecule is CCN1CCCC1CN(C)c1ccnc(Cl)c1. The quantitative estimate of drug-likeness (QED) is 0.769. The van der Waals surface area contributed by atoms with Gasteiger partial charge in [-0.2, -0.15) is 0 Å². The summed E-state index contributed by atoms with van der Waals surface area (Å²) >= 11 is 5.91. The molecule has 3 nitrogen and oxygen atoms in total. The first-order valence-corrected chi connectivity index (χ1v) is 6.65. The summed E-state index contributed by atoms with van der Waals surface area (Å²) < 4.78 is 0.